The van der Waals surface area contributed by atoms with E-state index in [1.54, 1.807) is 13.8 Å². The molecule has 3 saturated heterocycles. The SMILES string of the molecule is CCOc1nc(N)nc2c1ncn2[C@@H]1O[C@H](CO[P@@]2(=O)OCC[C@@H](c3ccc(F)cc3F)O2)[C@H]2OC(=O)O[C@]21C. The van der Waals surface area contributed by atoms with E-state index in [-0.39, 0.29) is 36.1 Å². The van der Waals surface area contributed by atoms with Crippen molar-refractivity contribution in [3.63, 3.8) is 0 Å². The van der Waals surface area contributed by atoms with Crippen molar-refractivity contribution in [3.8, 4) is 5.88 Å². The zero-order chi connectivity index (χ0) is 28.2. The minimum atomic E-state index is -4.23. The number of ether oxygens (including phenoxy) is 4. The summed E-state index contributed by atoms with van der Waals surface area (Å²) in [5.41, 5.74) is 5.05. The summed E-state index contributed by atoms with van der Waals surface area (Å²) in [5.74, 6) is -1.52. The second-order valence-electron chi connectivity index (χ2n) is 9.37. The molecule has 2 aromatic heterocycles. The normalized spacial score (nSPS) is 31.6. The topological polar surface area (TPSA) is 168 Å². The van der Waals surface area contributed by atoms with Crippen LogP contribution in [0.25, 0.3) is 11.2 Å². The molecule has 3 aliphatic rings. The van der Waals surface area contributed by atoms with Gasteiger partial charge in [-0.05, 0) is 19.9 Å². The Kier molecular flexibility index (Phi) is 6.62. The number of nitrogens with zero attached hydrogens (tertiary/aromatic N) is 4. The first kappa shape index (κ1) is 26.8. The van der Waals surface area contributed by atoms with Crippen LogP contribution in [0, 0.1) is 11.6 Å². The Balaban J connectivity index is 1.24. The standard InChI is InChI=1S/C23H24F2N5O9P/c1-3-33-19-16-18(28-21(26)29-19)30(10-27-16)20-23(2)17(37-22(31)38-23)15(36-20)9-35-40(32)34-7-6-14(39-40)12-5-4-11(24)8-13(12)25/h4-5,8,10,14-15,17,20H,3,6-7,9H2,1-2H3,(H2,26,28,29)/t14-,15+,17+,20+,23+,40+/m0/s1. The molecule has 0 saturated carbocycles. The van der Waals surface area contributed by atoms with Crippen LogP contribution in [-0.4, -0.2) is 63.3 Å². The zero-order valence-electron chi connectivity index (χ0n) is 21.2. The molecule has 0 spiro atoms. The minimum Gasteiger partial charge on any atom is -0.476 e. The number of imidazole rings is 1. The number of anilines is 1. The minimum absolute atomic E-state index is 0.0103. The number of phosphoric acid groups is 1. The summed E-state index contributed by atoms with van der Waals surface area (Å²) in [5, 5.41) is 0. The van der Waals surface area contributed by atoms with Crippen molar-refractivity contribution < 1.29 is 50.7 Å². The molecule has 6 atom stereocenters. The maximum Gasteiger partial charge on any atom is 0.509 e. The van der Waals surface area contributed by atoms with E-state index in [4.69, 9.17) is 38.3 Å². The van der Waals surface area contributed by atoms with Gasteiger partial charge in [0.25, 0.3) is 0 Å². The summed E-state index contributed by atoms with van der Waals surface area (Å²) in [6.07, 6.45) is -3.42. The van der Waals surface area contributed by atoms with E-state index in [0.717, 1.165) is 6.07 Å². The highest BCUT2D eigenvalue weighted by Gasteiger charge is 2.64. The number of fused-ring (bicyclic) bond motifs is 2. The summed E-state index contributed by atoms with van der Waals surface area (Å²) in [4.78, 5) is 24.8. The summed E-state index contributed by atoms with van der Waals surface area (Å²) in [6, 6.07) is 2.98. The van der Waals surface area contributed by atoms with Gasteiger partial charge in [0.1, 0.15) is 17.7 Å². The number of aromatic nitrogens is 4. The van der Waals surface area contributed by atoms with Gasteiger partial charge >= 0.3 is 14.0 Å². The smallest absolute Gasteiger partial charge is 0.476 e. The lowest BCUT2D eigenvalue weighted by Gasteiger charge is -2.30. The fourth-order valence-electron chi connectivity index (χ4n) is 4.99. The van der Waals surface area contributed by atoms with Crippen molar-refractivity contribution in [2.75, 3.05) is 25.6 Å². The van der Waals surface area contributed by atoms with Gasteiger partial charge < -0.3 is 24.7 Å². The van der Waals surface area contributed by atoms with Crippen LogP contribution in [-0.2, 0) is 32.3 Å². The summed E-state index contributed by atoms with van der Waals surface area (Å²) >= 11 is 0. The van der Waals surface area contributed by atoms with Gasteiger partial charge in [0.2, 0.25) is 11.8 Å². The maximum absolute atomic E-state index is 14.3. The third-order valence-corrected chi connectivity index (χ3v) is 8.23. The third kappa shape index (κ3) is 4.55. The Labute approximate surface area is 225 Å². The molecule has 17 heteroatoms. The lowest BCUT2D eigenvalue weighted by Crippen LogP contribution is -2.42. The van der Waals surface area contributed by atoms with E-state index in [9.17, 15) is 18.1 Å². The molecule has 3 aliphatic heterocycles. The predicted octanol–water partition coefficient (Wildman–Crippen LogP) is 3.58. The Morgan fingerprint density at radius 1 is 1.30 bits per heavy atom. The van der Waals surface area contributed by atoms with Crippen LogP contribution in [0.1, 0.15) is 38.2 Å². The van der Waals surface area contributed by atoms with Crippen molar-refractivity contribution in [1.82, 2.24) is 19.5 Å². The Morgan fingerprint density at radius 2 is 2.12 bits per heavy atom. The summed E-state index contributed by atoms with van der Waals surface area (Å²) < 4.78 is 81.3. The Morgan fingerprint density at radius 3 is 2.90 bits per heavy atom. The lowest BCUT2D eigenvalue weighted by atomic mass is 9.96. The van der Waals surface area contributed by atoms with E-state index < -0.39 is 62.4 Å². The van der Waals surface area contributed by atoms with Crippen molar-refractivity contribution in [3.05, 3.63) is 41.7 Å². The fraction of sp³-hybridized carbons (Fsp3) is 0.478. The van der Waals surface area contributed by atoms with Crippen LogP contribution in [0.4, 0.5) is 19.5 Å². The number of carbonyl (C=O) groups excluding carboxylic acids is 1. The molecule has 1 aromatic carbocycles. The maximum atomic E-state index is 14.3. The molecule has 2 N–H and O–H groups in total. The molecular weight excluding hydrogens is 559 g/mol. The van der Waals surface area contributed by atoms with Crippen LogP contribution < -0.4 is 10.5 Å². The molecule has 40 heavy (non-hydrogen) atoms. The molecule has 0 bridgehead atoms. The van der Waals surface area contributed by atoms with Crippen molar-refractivity contribution >= 4 is 31.1 Å². The average Bonchev–Trinajstić information content (AvgIpc) is 3.52. The number of nitrogen functional groups attached to an aromatic ring is 1. The number of hydrogen-bond donors (Lipinski definition) is 1. The third-order valence-electron chi connectivity index (χ3n) is 6.76. The van der Waals surface area contributed by atoms with E-state index in [1.165, 1.54) is 17.0 Å². The van der Waals surface area contributed by atoms with Gasteiger partial charge in [-0.15, -0.1) is 0 Å². The van der Waals surface area contributed by atoms with Crippen molar-refractivity contribution in [1.29, 1.82) is 0 Å². The number of halogens is 2. The molecule has 0 aliphatic carbocycles. The van der Waals surface area contributed by atoms with Gasteiger partial charge in [-0.1, -0.05) is 6.07 Å². The Bertz CT molecular complexity index is 1530. The van der Waals surface area contributed by atoms with Crippen LogP contribution in [0.15, 0.2) is 24.5 Å². The molecule has 0 amide bonds. The monoisotopic (exact) mass is 583 g/mol. The summed E-state index contributed by atoms with van der Waals surface area (Å²) in [6.45, 7) is 3.18. The molecule has 14 nitrogen and oxygen atoms in total. The second-order valence-corrected chi connectivity index (χ2v) is 11.0. The largest absolute Gasteiger partial charge is 0.509 e. The zero-order valence-corrected chi connectivity index (χ0v) is 22.1. The number of rotatable bonds is 7. The lowest BCUT2D eigenvalue weighted by molar-refractivity contribution is -0.0926. The highest BCUT2D eigenvalue weighted by Crippen LogP contribution is 2.58. The molecule has 0 radical (unpaired) electrons. The van der Waals surface area contributed by atoms with Gasteiger partial charge in [0, 0.05) is 18.1 Å². The van der Waals surface area contributed by atoms with Crippen LogP contribution in [0.2, 0.25) is 0 Å². The average molecular weight is 583 g/mol. The van der Waals surface area contributed by atoms with Gasteiger partial charge in [-0.2, -0.15) is 9.97 Å². The van der Waals surface area contributed by atoms with Gasteiger partial charge in [-0.25, -0.2) is 23.1 Å². The molecule has 6 rings (SSSR count). The number of hydrogen-bond acceptors (Lipinski definition) is 13. The summed E-state index contributed by atoms with van der Waals surface area (Å²) in [7, 11) is -4.23. The van der Waals surface area contributed by atoms with Gasteiger partial charge in [0.05, 0.1) is 32.3 Å². The number of carbonyl (C=O) groups is 1. The van der Waals surface area contributed by atoms with E-state index >= 15 is 0 Å². The molecule has 5 heterocycles. The molecule has 3 fully saturated rings. The number of nitrogens with two attached hydrogens (primary N) is 1. The fourth-order valence-corrected chi connectivity index (χ4v) is 6.38. The van der Waals surface area contributed by atoms with Crippen LogP contribution in [0.5, 0.6) is 5.88 Å². The van der Waals surface area contributed by atoms with E-state index in [0.29, 0.717) is 18.2 Å². The predicted molar refractivity (Wildman–Crippen MR) is 129 cm³/mol. The van der Waals surface area contributed by atoms with Gasteiger partial charge in [0.15, 0.2) is 29.1 Å². The van der Waals surface area contributed by atoms with E-state index in [1.807, 2.05) is 0 Å². The molecular formula is C23H24F2N5O9P. The van der Waals surface area contributed by atoms with Gasteiger partial charge in [-0.3, -0.25) is 18.1 Å². The van der Waals surface area contributed by atoms with Crippen LogP contribution in [0.3, 0.4) is 0 Å². The molecule has 214 valence electrons. The highest BCUT2D eigenvalue weighted by atomic mass is 31.2. The highest BCUT2D eigenvalue weighted by molar-refractivity contribution is 7.48. The first-order valence-electron chi connectivity index (χ1n) is 12.3. The molecule has 3 aromatic rings. The van der Waals surface area contributed by atoms with Crippen LogP contribution >= 0.6 is 7.82 Å². The van der Waals surface area contributed by atoms with Crippen molar-refractivity contribution in [2.24, 2.45) is 0 Å². The van der Waals surface area contributed by atoms with E-state index in [2.05, 4.69) is 15.0 Å². The second kappa shape index (κ2) is 9.89. The molecule has 0 unspecified atom stereocenters. The quantitative estimate of drug-likeness (QED) is 0.317. The van der Waals surface area contributed by atoms with Crippen molar-refractivity contribution in [2.45, 2.75) is 50.4 Å². The number of benzene rings is 1. The Hall–Kier alpha value is -3.43. The first-order valence-corrected chi connectivity index (χ1v) is 13.8. The first-order chi connectivity index (χ1) is 19.1. The number of phosphoric ester groups is 1.